The first-order valence-electron chi connectivity index (χ1n) is 13.7. The van der Waals surface area contributed by atoms with Crippen LogP contribution in [0.3, 0.4) is 0 Å². The van der Waals surface area contributed by atoms with E-state index in [1.54, 1.807) is 27.6 Å². The number of carbonyl (C=O) groups excluding carboxylic acids is 3. The molecule has 7 nitrogen and oxygen atoms in total. The van der Waals surface area contributed by atoms with Crippen molar-refractivity contribution >= 4 is 46.0 Å². The Morgan fingerprint density at radius 1 is 1.13 bits per heavy atom. The number of benzene rings is 2. The zero-order chi connectivity index (χ0) is 27.6. The Morgan fingerprint density at radius 3 is 2.67 bits per heavy atom. The smallest absolute Gasteiger partial charge is 0.311 e. The second-order valence-electron chi connectivity index (χ2n) is 10.6. The second-order valence-corrected chi connectivity index (χ2v) is 12.2. The molecule has 3 fully saturated rings. The van der Waals surface area contributed by atoms with Crippen molar-refractivity contribution in [3.05, 3.63) is 67.8 Å². The van der Waals surface area contributed by atoms with Gasteiger partial charge in [-0.3, -0.25) is 14.4 Å². The largest absolute Gasteiger partial charge is 0.461 e. The zero-order valence-corrected chi connectivity index (χ0v) is 23.0. The van der Waals surface area contributed by atoms with Crippen LogP contribution in [0.15, 0.2) is 67.8 Å². The lowest BCUT2D eigenvalue weighted by Crippen LogP contribution is -2.55. The Labute approximate surface area is 233 Å². The number of rotatable bonds is 12. The first-order valence-corrected chi connectivity index (χ1v) is 14.6. The van der Waals surface area contributed by atoms with Gasteiger partial charge < -0.3 is 19.6 Å². The van der Waals surface area contributed by atoms with Crippen LogP contribution >= 0.6 is 11.8 Å². The maximum absolute atomic E-state index is 14.6. The molecule has 0 aromatic heterocycles. The van der Waals surface area contributed by atoms with Gasteiger partial charge in [-0.2, -0.15) is 0 Å². The van der Waals surface area contributed by atoms with E-state index in [0.29, 0.717) is 32.4 Å². The van der Waals surface area contributed by atoms with Crippen LogP contribution in [0.5, 0.6) is 0 Å². The number of nitrogens with zero attached hydrogens (tertiary/aromatic N) is 2. The third-order valence-corrected chi connectivity index (χ3v) is 10.3. The molecule has 2 aromatic rings. The lowest BCUT2D eigenvalue weighted by Gasteiger charge is -2.37. The van der Waals surface area contributed by atoms with E-state index >= 15 is 0 Å². The van der Waals surface area contributed by atoms with E-state index in [1.807, 2.05) is 42.5 Å². The van der Waals surface area contributed by atoms with Gasteiger partial charge in [-0.05, 0) is 55.0 Å². The Bertz CT molecular complexity index is 1280. The van der Waals surface area contributed by atoms with Gasteiger partial charge in [0.2, 0.25) is 5.91 Å². The lowest BCUT2D eigenvalue weighted by molar-refractivity contribution is -0.153. The molecule has 5 rings (SSSR count). The Hall–Kier alpha value is -3.10. The molecule has 1 spiro atoms. The van der Waals surface area contributed by atoms with Crippen molar-refractivity contribution in [2.75, 3.05) is 31.2 Å². The average Bonchev–Trinajstić information content (AvgIpc) is 3.59. The predicted molar refractivity (Wildman–Crippen MR) is 154 cm³/mol. The summed E-state index contributed by atoms with van der Waals surface area (Å²) in [6.45, 7) is 8.44. The van der Waals surface area contributed by atoms with Gasteiger partial charge in [0.1, 0.15) is 12.6 Å². The third-order valence-electron chi connectivity index (χ3n) is 8.33. The summed E-state index contributed by atoms with van der Waals surface area (Å²) in [7, 11) is 0. The van der Waals surface area contributed by atoms with Crippen LogP contribution in [0.25, 0.3) is 10.8 Å². The molecule has 206 valence electrons. The van der Waals surface area contributed by atoms with Crippen molar-refractivity contribution in [3.8, 4) is 0 Å². The minimum atomic E-state index is -0.692. The van der Waals surface area contributed by atoms with Crippen LogP contribution in [-0.2, 0) is 19.1 Å². The number of hydrogen-bond acceptors (Lipinski definition) is 6. The molecular formula is C31H36N2O5S. The van der Waals surface area contributed by atoms with Gasteiger partial charge >= 0.3 is 5.97 Å². The number of anilines is 1. The fraction of sp³-hybridized carbons (Fsp3) is 0.452. The van der Waals surface area contributed by atoms with Crippen molar-refractivity contribution < 1.29 is 24.2 Å². The summed E-state index contributed by atoms with van der Waals surface area (Å²) in [5, 5.41) is 11.3. The summed E-state index contributed by atoms with van der Waals surface area (Å²) in [6, 6.07) is 13.3. The standard InChI is InChI=1S/C31H36N2O5S/c1-3-16-32(23-13-12-21-10-6-7-11-22(21)20-23)29(36)27-31-15-14-24(39-31)25(30(37)38-19-4-2)26(31)28(35)33(27)17-8-5-9-18-34/h3-4,6-7,10-13,20,24-27,34H,1-2,5,8-9,14-19H2/t24-,25+,26+,27?,31?/m1/s1. The highest BCUT2D eigenvalue weighted by molar-refractivity contribution is 8.02. The van der Waals surface area contributed by atoms with E-state index in [-0.39, 0.29) is 36.2 Å². The van der Waals surface area contributed by atoms with E-state index < -0.39 is 22.6 Å². The number of amides is 2. The fourth-order valence-electron chi connectivity index (χ4n) is 6.69. The molecule has 0 saturated carbocycles. The summed E-state index contributed by atoms with van der Waals surface area (Å²) in [4.78, 5) is 45.3. The van der Waals surface area contributed by atoms with E-state index in [4.69, 9.17) is 4.74 Å². The molecule has 3 saturated heterocycles. The first kappa shape index (κ1) is 27.5. The highest BCUT2D eigenvalue weighted by Gasteiger charge is 2.74. The van der Waals surface area contributed by atoms with Gasteiger partial charge in [0, 0.05) is 30.6 Å². The third kappa shape index (κ3) is 4.78. The summed E-state index contributed by atoms with van der Waals surface area (Å²) in [5.41, 5.74) is 0.755. The van der Waals surface area contributed by atoms with Crippen molar-refractivity contribution in [1.29, 1.82) is 0 Å². The van der Waals surface area contributed by atoms with E-state index in [2.05, 4.69) is 13.2 Å². The molecule has 2 amide bonds. The molecule has 2 aromatic carbocycles. The van der Waals surface area contributed by atoms with Crippen molar-refractivity contribution in [1.82, 2.24) is 4.90 Å². The molecule has 0 radical (unpaired) electrons. The molecule has 2 unspecified atom stereocenters. The maximum atomic E-state index is 14.6. The Kier molecular flexibility index (Phi) is 8.14. The van der Waals surface area contributed by atoms with Crippen molar-refractivity contribution in [2.24, 2.45) is 11.8 Å². The monoisotopic (exact) mass is 548 g/mol. The van der Waals surface area contributed by atoms with Crippen LogP contribution in [0.4, 0.5) is 5.69 Å². The number of aliphatic hydroxyl groups is 1. The van der Waals surface area contributed by atoms with Crippen LogP contribution in [0, 0.1) is 11.8 Å². The topological polar surface area (TPSA) is 87.1 Å². The number of hydrogen-bond donors (Lipinski definition) is 1. The number of thioether (sulfide) groups is 1. The van der Waals surface area contributed by atoms with Gasteiger partial charge in [0.15, 0.2) is 0 Å². The molecule has 2 bridgehead atoms. The fourth-order valence-corrected chi connectivity index (χ4v) is 8.89. The average molecular weight is 549 g/mol. The summed E-state index contributed by atoms with van der Waals surface area (Å²) in [5.74, 6) is -1.81. The number of ether oxygens (including phenoxy) is 1. The first-order chi connectivity index (χ1) is 19.0. The Morgan fingerprint density at radius 2 is 1.92 bits per heavy atom. The normalized spacial score (nSPS) is 27.0. The van der Waals surface area contributed by atoms with Gasteiger partial charge in [-0.15, -0.1) is 18.3 Å². The summed E-state index contributed by atoms with van der Waals surface area (Å²) < 4.78 is 4.77. The van der Waals surface area contributed by atoms with Gasteiger partial charge in [-0.25, -0.2) is 0 Å². The molecule has 39 heavy (non-hydrogen) atoms. The predicted octanol–water partition coefficient (Wildman–Crippen LogP) is 4.34. The van der Waals surface area contributed by atoms with Crippen LogP contribution in [0.2, 0.25) is 0 Å². The number of unbranched alkanes of at least 4 members (excludes halogenated alkanes) is 2. The van der Waals surface area contributed by atoms with Gasteiger partial charge in [-0.1, -0.05) is 49.1 Å². The van der Waals surface area contributed by atoms with Crippen LogP contribution < -0.4 is 4.90 Å². The van der Waals surface area contributed by atoms with Gasteiger partial charge in [0.05, 0.1) is 16.6 Å². The van der Waals surface area contributed by atoms with E-state index in [9.17, 15) is 19.5 Å². The molecule has 0 aliphatic carbocycles. The maximum Gasteiger partial charge on any atom is 0.311 e. The summed E-state index contributed by atoms with van der Waals surface area (Å²) >= 11 is 1.64. The van der Waals surface area contributed by atoms with Crippen molar-refractivity contribution in [2.45, 2.75) is 48.1 Å². The minimum Gasteiger partial charge on any atom is -0.461 e. The highest BCUT2D eigenvalue weighted by atomic mass is 32.2. The number of carbonyl (C=O) groups is 3. The second kappa shape index (κ2) is 11.6. The minimum absolute atomic E-state index is 0.0448. The molecule has 8 heteroatoms. The van der Waals surface area contributed by atoms with Crippen LogP contribution in [0.1, 0.15) is 32.1 Å². The zero-order valence-electron chi connectivity index (χ0n) is 22.2. The SMILES string of the molecule is C=CCOC(=O)[C@@H]1[C@H]2C(=O)N(CCCCCO)C(C(=O)N(CC=C)c3ccc4ccccc4c3)C23CC[C@H]1S3. The molecule has 1 N–H and O–H groups in total. The number of fused-ring (bicyclic) bond motifs is 2. The van der Waals surface area contributed by atoms with Crippen molar-refractivity contribution in [3.63, 3.8) is 0 Å². The summed E-state index contributed by atoms with van der Waals surface area (Å²) in [6.07, 6.45) is 6.77. The quantitative estimate of drug-likeness (QED) is 0.241. The molecule has 3 aliphatic heterocycles. The van der Waals surface area contributed by atoms with E-state index in [1.165, 1.54) is 6.08 Å². The number of aliphatic hydroxyl groups excluding tert-OH is 1. The molecular weight excluding hydrogens is 512 g/mol. The molecule has 3 aliphatic rings. The number of likely N-dealkylation sites (tertiary alicyclic amines) is 1. The van der Waals surface area contributed by atoms with Gasteiger partial charge in [0.25, 0.3) is 5.91 Å². The van der Waals surface area contributed by atoms with Crippen LogP contribution in [-0.4, -0.2) is 70.1 Å². The lowest BCUT2D eigenvalue weighted by atomic mass is 9.71. The van der Waals surface area contributed by atoms with E-state index in [0.717, 1.165) is 29.3 Å². The molecule has 5 atom stereocenters. The highest BCUT2D eigenvalue weighted by Crippen LogP contribution is 2.66. The number of esters is 1. The molecule has 3 heterocycles. The Balaban J connectivity index is 1.52.